The van der Waals surface area contributed by atoms with Crippen LogP contribution in [0.1, 0.15) is 25.8 Å². The molecule has 0 radical (unpaired) electrons. The monoisotopic (exact) mass is 261 g/mol. The van der Waals surface area contributed by atoms with E-state index in [4.69, 9.17) is 0 Å². The first kappa shape index (κ1) is 13.7. The van der Waals surface area contributed by atoms with Crippen molar-refractivity contribution < 1.29 is 14.7 Å². The number of carbonyl (C=O) groups excluding carboxylic acids is 2. The quantitative estimate of drug-likeness (QED) is 0.833. The predicted octanol–water partition coefficient (Wildman–Crippen LogP) is 1.38. The van der Waals surface area contributed by atoms with Crippen LogP contribution in [0.5, 0.6) is 0 Å². The van der Waals surface area contributed by atoms with E-state index in [-0.39, 0.29) is 24.8 Å². The molecule has 1 aliphatic rings. The summed E-state index contributed by atoms with van der Waals surface area (Å²) in [5, 5.41) is 9.51. The smallest absolute Gasteiger partial charge is 0.235 e. The first-order valence-electron chi connectivity index (χ1n) is 6.47. The van der Waals surface area contributed by atoms with Crippen molar-refractivity contribution in [2.75, 3.05) is 6.61 Å². The molecule has 1 fully saturated rings. The summed E-state index contributed by atoms with van der Waals surface area (Å²) in [6, 6.07) is 9.11. The van der Waals surface area contributed by atoms with Crippen molar-refractivity contribution in [1.29, 1.82) is 0 Å². The van der Waals surface area contributed by atoms with E-state index in [1.165, 1.54) is 4.90 Å². The van der Waals surface area contributed by atoms with Crippen molar-refractivity contribution in [3.63, 3.8) is 0 Å². The van der Waals surface area contributed by atoms with Gasteiger partial charge in [0.05, 0.1) is 18.1 Å². The van der Waals surface area contributed by atoms with Gasteiger partial charge in [-0.1, -0.05) is 44.2 Å². The van der Waals surface area contributed by atoms with Crippen molar-refractivity contribution in [3.05, 3.63) is 35.9 Å². The number of aliphatic hydroxyl groups is 1. The van der Waals surface area contributed by atoms with Crippen LogP contribution >= 0.6 is 0 Å². The Morgan fingerprint density at radius 3 is 2.37 bits per heavy atom. The average Bonchev–Trinajstić information content (AvgIpc) is 2.57. The lowest BCUT2D eigenvalue weighted by molar-refractivity contribution is -0.144. The Labute approximate surface area is 113 Å². The van der Waals surface area contributed by atoms with Crippen molar-refractivity contribution >= 4 is 11.8 Å². The molecule has 1 N–H and O–H groups in total. The molecule has 0 aromatic heterocycles. The van der Waals surface area contributed by atoms with Gasteiger partial charge in [-0.15, -0.1) is 0 Å². The first-order chi connectivity index (χ1) is 8.95. The van der Waals surface area contributed by atoms with Gasteiger partial charge in [-0.25, -0.2) is 0 Å². The van der Waals surface area contributed by atoms with E-state index in [0.717, 1.165) is 5.56 Å². The van der Waals surface area contributed by atoms with Crippen molar-refractivity contribution in [2.45, 2.75) is 32.7 Å². The topological polar surface area (TPSA) is 57.6 Å². The molecule has 1 saturated heterocycles. The number of likely N-dealkylation sites (tertiary alicyclic amines) is 1. The summed E-state index contributed by atoms with van der Waals surface area (Å²) in [5.74, 6) is -0.377. The summed E-state index contributed by atoms with van der Waals surface area (Å²) < 4.78 is 0. The van der Waals surface area contributed by atoms with Crippen LogP contribution in [-0.4, -0.2) is 34.5 Å². The van der Waals surface area contributed by atoms with Crippen LogP contribution in [0.4, 0.5) is 0 Å². The number of rotatable bonds is 4. The Hall–Kier alpha value is -1.68. The molecule has 4 nitrogen and oxygen atoms in total. The summed E-state index contributed by atoms with van der Waals surface area (Å²) in [5.41, 5.74) is 0.355. The van der Waals surface area contributed by atoms with Gasteiger partial charge in [0, 0.05) is 6.42 Å². The molecule has 0 saturated carbocycles. The Bertz CT molecular complexity index is 481. The van der Waals surface area contributed by atoms with Crippen LogP contribution in [0, 0.1) is 5.41 Å². The Balaban J connectivity index is 2.19. The highest BCUT2D eigenvalue weighted by atomic mass is 16.3. The molecule has 0 spiro atoms. The maximum absolute atomic E-state index is 12.2. The number of benzene rings is 1. The fourth-order valence-electron chi connectivity index (χ4n) is 2.47. The molecule has 102 valence electrons. The van der Waals surface area contributed by atoms with E-state index in [1.807, 2.05) is 30.3 Å². The second kappa shape index (κ2) is 5.13. The number of aliphatic hydroxyl groups excluding tert-OH is 1. The lowest BCUT2D eigenvalue weighted by Crippen LogP contribution is -2.44. The molecule has 0 bridgehead atoms. The summed E-state index contributed by atoms with van der Waals surface area (Å²) in [6.45, 7) is 3.33. The summed E-state index contributed by atoms with van der Waals surface area (Å²) >= 11 is 0. The Morgan fingerprint density at radius 1 is 1.26 bits per heavy atom. The lowest BCUT2D eigenvalue weighted by Gasteiger charge is -2.26. The molecule has 1 unspecified atom stereocenters. The Morgan fingerprint density at radius 2 is 1.89 bits per heavy atom. The molecule has 1 aromatic rings. The summed E-state index contributed by atoms with van der Waals surface area (Å²) in [7, 11) is 0. The van der Waals surface area contributed by atoms with Crippen LogP contribution in [0.3, 0.4) is 0 Å². The van der Waals surface area contributed by atoms with Crippen LogP contribution in [0.25, 0.3) is 0 Å². The van der Waals surface area contributed by atoms with Crippen LogP contribution in [0.15, 0.2) is 30.3 Å². The first-order valence-corrected chi connectivity index (χ1v) is 6.47. The third-order valence-corrected chi connectivity index (χ3v) is 3.55. The zero-order valence-corrected chi connectivity index (χ0v) is 11.3. The van der Waals surface area contributed by atoms with Crippen molar-refractivity contribution in [2.24, 2.45) is 5.41 Å². The fraction of sp³-hybridized carbons (Fsp3) is 0.467. The predicted molar refractivity (Wildman–Crippen MR) is 71.3 cm³/mol. The zero-order chi connectivity index (χ0) is 14.0. The van der Waals surface area contributed by atoms with E-state index in [1.54, 1.807) is 13.8 Å². The number of hydrogen-bond donors (Lipinski definition) is 1. The molecule has 1 aliphatic heterocycles. The largest absolute Gasteiger partial charge is 0.394 e. The van der Waals surface area contributed by atoms with Crippen LogP contribution in [0.2, 0.25) is 0 Å². The van der Waals surface area contributed by atoms with Gasteiger partial charge in [-0.2, -0.15) is 0 Å². The molecule has 4 heteroatoms. The molecule has 2 amide bonds. The van der Waals surface area contributed by atoms with Gasteiger partial charge >= 0.3 is 0 Å². The molecular formula is C15H19NO3. The fourth-order valence-corrected chi connectivity index (χ4v) is 2.47. The number of carbonyl (C=O) groups is 2. The molecule has 1 heterocycles. The minimum absolute atomic E-state index is 0.188. The number of imide groups is 1. The lowest BCUT2D eigenvalue weighted by atomic mass is 9.92. The zero-order valence-electron chi connectivity index (χ0n) is 11.3. The van der Waals surface area contributed by atoms with Crippen molar-refractivity contribution in [3.8, 4) is 0 Å². The summed E-state index contributed by atoms with van der Waals surface area (Å²) in [6.07, 6.45) is 0.710. The van der Waals surface area contributed by atoms with Crippen LogP contribution in [-0.2, 0) is 16.0 Å². The minimum Gasteiger partial charge on any atom is -0.394 e. The van der Waals surface area contributed by atoms with Gasteiger partial charge in [-0.3, -0.25) is 14.5 Å². The van der Waals surface area contributed by atoms with Gasteiger partial charge in [0.1, 0.15) is 0 Å². The van der Waals surface area contributed by atoms with Gasteiger partial charge in [0.15, 0.2) is 0 Å². The molecule has 1 aromatic carbocycles. The molecule has 19 heavy (non-hydrogen) atoms. The van der Waals surface area contributed by atoms with Gasteiger partial charge < -0.3 is 5.11 Å². The van der Waals surface area contributed by atoms with Crippen molar-refractivity contribution in [1.82, 2.24) is 4.90 Å². The van der Waals surface area contributed by atoms with Crippen LogP contribution < -0.4 is 0 Å². The molecule has 1 atom stereocenters. The number of amides is 2. The van der Waals surface area contributed by atoms with E-state index < -0.39 is 11.5 Å². The Kier molecular flexibility index (Phi) is 3.71. The molecule has 0 aliphatic carbocycles. The normalized spacial score (nSPS) is 19.8. The maximum atomic E-state index is 12.2. The SMILES string of the molecule is CC1(C)CC(=O)N(C(CO)Cc2ccccc2)C1=O. The van der Waals surface area contributed by atoms with E-state index in [9.17, 15) is 14.7 Å². The highest BCUT2D eigenvalue weighted by Gasteiger charge is 2.47. The minimum atomic E-state index is -0.652. The van der Waals surface area contributed by atoms with Gasteiger partial charge in [-0.05, 0) is 12.0 Å². The van der Waals surface area contributed by atoms with E-state index >= 15 is 0 Å². The van der Waals surface area contributed by atoms with Gasteiger partial charge in [0.2, 0.25) is 11.8 Å². The van der Waals surface area contributed by atoms with Gasteiger partial charge in [0.25, 0.3) is 0 Å². The highest BCUT2D eigenvalue weighted by Crippen LogP contribution is 2.33. The maximum Gasteiger partial charge on any atom is 0.235 e. The number of hydrogen-bond acceptors (Lipinski definition) is 3. The highest BCUT2D eigenvalue weighted by molar-refractivity contribution is 6.05. The second-order valence-corrected chi connectivity index (χ2v) is 5.66. The third kappa shape index (κ3) is 2.68. The number of nitrogens with zero attached hydrogens (tertiary/aromatic N) is 1. The second-order valence-electron chi connectivity index (χ2n) is 5.66. The van der Waals surface area contributed by atoms with E-state index in [2.05, 4.69) is 0 Å². The third-order valence-electron chi connectivity index (χ3n) is 3.55. The summed E-state index contributed by atoms with van der Waals surface area (Å²) in [4.78, 5) is 25.4. The molecular weight excluding hydrogens is 242 g/mol. The average molecular weight is 261 g/mol. The van der Waals surface area contributed by atoms with E-state index in [0.29, 0.717) is 6.42 Å². The molecule has 2 rings (SSSR count). The standard InChI is InChI=1S/C15H19NO3/c1-15(2)9-13(18)16(14(15)19)12(10-17)8-11-6-4-3-5-7-11/h3-7,12,17H,8-10H2,1-2H3.